The maximum absolute atomic E-state index is 11.5. The van der Waals surface area contributed by atoms with Crippen LogP contribution in [0, 0.1) is 5.92 Å². The van der Waals surface area contributed by atoms with Gasteiger partial charge >= 0.3 is 6.09 Å². The Labute approximate surface area is 96.7 Å². The summed E-state index contributed by atoms with van der Waals surface area (Å²) in [7, 11) is 0. The third-order valence-corrected chi connectivity index (χ3v) is 2.39. The van der Waals surface area contributed by atoms with Crippen molar-refractivity contribution in [3.8, 4) is 0 Å². The molecule has 0 unspecified atom stereocenters. The van der Waals surface area contributed by atoms with Gasteiger partial charge in [-0.2, -0.15) is 0 Å². The summed E-state index contributed by atoms with van der Waals surface area (Å²) in [5.74, 6) is 0.241. The molecule has 0 heterocycles. The molecule has 1 aliphatic rings. The van der Waals surface area contributed by atoms with Crippen LogP contribution in [0.3, 0.4) is 0 Å². The maximum atomic E-state index is 11.5. The molecule has 0 aromatic heterocycles. The van der Waals surface area contributed by atoms with Gasteiger partial charge in [0, 0.05) is 6.61 Å². The Morgan fingerprint density at radius 2 is 2.25 bits per heavy atom. The van der Waals surface area contributed by atoms with Crippen LogP contribution in [-0.4, -0.2) is 29.4 Å². The van der Waals surface area contributed by atoms with E-state index < -0.39 is 11.7 Å². The van der Waals surface area contributed by atoms with Gasteiger partial charge in [0.2, 0.25) is 0 Å². The molecule has 0 saturated carbocycles. The molecule has 2 N–H and O–H groups in total. The first-order chi connectivity index (χ1) is 7.40. The molecule has 2 atom stereocenters. The van der Waals surface area contributed by atoms with Crippen LogP contribution in [0.15, 0.2) is 12.2 Å². The monoisotopic (exact) mass is 227 g/mol. The average Bonchev–Trinajstić information content (AvgIpc) is 2.15. The van der Waals surface area contributed by atoms with Crippen molar-refractivity contribution in [3.63, 3.8) is 0 Å². The molecule has 4 nitrogen and oxygen atoms in total. The van der Waals surface area contributed by atoms with Crippen LogP contribution >= 0.6 is 0 Å². The van der Waals surface area contributed by atoms with Gasteiger partial charge in [-0.1, -0.05) is 12.2 Å². The lowest BCUT2D eigenvalue weighted by molar-refractivity contribution is 0.0503. The normalized spacial score (nSPS) is 25.2. The Morgan fingerprint density at radius 1 is 1.56 bits per heavy atom. The lowest BCUT2D eigenvalue weighted by Crippen LogP contribution is -2.40. The molecule has 0 aromatic rings. The summed E-state index contributed by atoms with van der Waals surface area (Å²) < 4.78 is 5.16. The van der Waals surface area contributed by atoms with Crippen molar-refractivity contribution in [2.45, 2.75) is 45.3 Å². The minimum absolute atomic E-state index is 0.0271. The zero-order valence-electron chi connectivity index (χ0n) is 10.2. The second-order valence-corrected chi connectivity index (χ2v) is 5.20. The van der Waals surface area contributed by atoms with Gasteiger partial charge < -0.3 is 15.2 Å². The molecule has 92 valence electrons. The number of hydrogen-bond acceptors (Lipinski definition) is 3. The van der Waals surface area contributed by atoms with Crippen molar-refractivity contribution >= 4 is 6.09 Å². The van der Waals surface area contributed by atoms with E-state index in [0.717, 1.165) is 12.8 Å². The SMILES string of the molecule is CC(C)(C)OC(=O)N[C@H]1C=CC[C@H](CO)C1. The van der Waals surface area contributed by atoms with Crippen molar-refractivity contribution in [2.75, 3.05) is 6.61 Å². The van der Waals surface area contributed by atoms with Crippen LogP contribution in [0.1, 0.15) is 33.6 Å². The number of aliphatic hydroxyl groups excluding tert-OH is 1. The number of alkyl carbamates (subject to hydrolysis) is 1. The van der Waals surface area contributed by atoms with Gasteiger partial charge in [0.25, 0.3) is 0 Å². The van der Waals surface area contributed by atoms with Gasteiger partial charge in [-0.25, -0.2) is 4.79 Å². The van der Waals surface area contributed by atoms with Gasteiger partial charge in [-0.15, -0.1) is 0 Å². The summed E-state index contributed by atoms with van der Waals surface area (Å²) >= 11 is 0. The maximum Gasteiger partial charge on any atom is 0.408 e. The highest BCUT2D eigenvalue weighted by Gasteiger charge is 2.22. The van der Waals surface area contributed by atoms with Crippen LogP contribution in [-0.2, 0) is 4.74 Å². The fraction of sp³-hybridized carbons (Fsp3) is 0.750. The first-order valence-corrected chi connectivity index (χ1v) is 5.68. The predicted molar refractivity (Wildman–Crippen MR) is 62.1 cm³/mol. The minimum atomic E-state index is -0.473. The van der Waals surface area contributed by atoms with E-state index in [1.165, 1.54) is 0 Å². The first-order valence-electron chi connectivity index (χ1n) is 5.68. The molecule has 0 bridgehead atoms. The number of ether oxygens (including phenoxy) is 1. The largest absolute Gasteiger partial charge is 0.444 e. The molecule has 1 aliphatic carbocycles. The van der Waals surface area contributed by atoms with Crippen molar-refractivity contribution in [1.82, 2.24) is 5.32 Å². The fourth-order valence-corrected chi connectivity index (χ4v) is 1.68. The van der Waals surface area contributed by atoms with Crippen molar-refractivity contribution < 1.29 is 14.6 Å². The Morgan fingerprint density at radius 3 is 2.81 bits per heavy atom. The number of aliphatic hydroxyl groups is 1. The predicted octanol–water partition coefficient (Wildman–Crippen LogP) is 1.84. The molecule has 1 rings (SSSR count). The highest BCUT2D eigenvalue weighted by molar-refractivity contribution is 5.68. The Kier molecular flexibility index (Phi) is 4.35. The Bertz CT molecular complexity index is 268. The second-order valence-electron chi connectivity index (χ2n) is 5.20. The molecule has 0 aliphatic heterocycles. The lowest BCUT2D eigenvalue weighted by atomic mass is 9.92. The van der Waals surface area contributed by atoms with Gasteiger partial charge in [0.1, 0.15) is 5.60 Å². The first kappa shape index (κ1) is 13.0. The molecule has 0 radical (unpaired) electrons. The topological polar surface area (TPSA) is 58.6 Å². The van der Waals surface area contributed by atoms with E-state index in [-0.39, 0.29) is 18.6 Å². The number of hydrogen-bond donors (Lipinski definition) is 2. The average molecular weight is 227 g/mol. The molecule has 1 amide bonds. The van der Waals surface area contributed by atoms with E-state index in [9.17, 15) is 4.79 Å². The summed E-state index contributed by atoms with van der Waals surface area (Å²) in [6.07, 6.45) is 5.19. The van der Waals surface area contributed by atoms with Crippen LogP contribution in [0.4, 0.5) is 4.79 Å². The van der Waals surface area contributed by atoms with Gasteiger partial charge in [-0.05, 0) is 39.5 Å². The summed E-state index contributed by atoms with van der Waals surface area (Å²) in [5.41, 5.74) is -0.473. The van der Waals surface area contributed by atoms with Gasteiger partial charge in [0.05, 0.1) is 6.04 Å². The molecule has 4 heteroatoms. The van der Waals surface area contributed by atoms with Crippen LogP contribution in [0.5, 0.6) is 0 Å². The standard InChI is InChI=1S/C12H21NO3/c1-12(2,3)16-11(15)13-10-6-4-5-9(7-10)8-14/h4,6,9-10,14H,5,7-8H2,1-3H3,(H,13,15)/t9-,10-/m0/s1. The van der Waals surface area contributed by atoms with Gasteiger partial charge in [0.15, 0.2) is 0 Å². The summed E-state index contributed by atoms with van der Waals surface area (Å²) in [6.45, 7) is 5.66. The Hall–Kier alpha value is -1.03. The third-order valence-electron chi connectivity index (χ3n) is 2.39. The number of nitrogens with one attached hydrogen (secondary N) is 1. The zero-order valence-corrected chi connectivity index (χ0v) is 10.2. The number of carbonyl (C=O) groups is 1. The second kappa shape index (κ2) is 5.34. The molecule has 0 spiro atoms. The summed E-state index contributed by atoms with van der Waals surface area (Å²) in [6, 6.07) is -0.0271. The third kappa shape index (κ3) is 4.66. The van der Waals surface area contributed by atoms with E-state index in [1.54, 1.807) is 0 Å². The smallest absolute Gasteiger partial charge is 0.408 e. The minimum Gasteiger partial charge on any atom is -0.444 e. The van der Waals surface area contributed by atoms with E-state index in [2.05, 4.69) is 5.32 Å². The molecule has 0 fully saturated rings. The van der Waals surface area contributed by atoms with Crippen molar-refractivity contribution in [3.05, 3.63) is 12.2 Å². The van der Waals surface area contributed by atoms with Crippen LogP contribution < -0.4 is 5.32 Å². The number of allylic oxidation sites excluding steroid dienone is 1. The summed E-state index contributed by atoms with van der Waals surface area (Å²) in [5, 5.41) is 11.8. The number of carbonyl (C=O) groups excluding carboxylic acids is 1. The fourth-order valence-electron chi connectivity index (χ4n) is 1.68. The molecule has 0 saturated heterocycles. The zero-order chi connectivity index (χ0) is 12.2. The van der Waals surface area contributed by atoms with Crippen molar-refractivity contribution in [2.24, 2.45) is 5.92 Å². The quantitative estimate of drug-likeness (QED) is 0.708. The van der Waals surface area contributed by atoms with Gasteiger partial charge in [-0.3, -0.25) is 0 Å². The van der Waals surface area contributed by atoms with E-state index >= 15 is 0 Å². The molecular weight excluding hydrogens is 206 g/mol. The highest BCUT2D eigenvalue weighted by atomic mass is 16.6. The van der Waals surface area contributed by atoms with E-state index in [1.807, 2.05) is 32.9 Å². The van der Waals surface area contributed by atoms with Crippen LogP contribution in [0.25, 0.3) is 0 Å². The molecule has 16 heavy (non-hydrogen) atoms. The summed E-state index contributed by atoms with van der Waals surface area (Å²) in [4.78, 5) is 11.5. The van der Waals surface area contributed by atoms with E-state index in [0.29, 0.717) is 0 Å². The highest BCUT2D eigenvalue weighted by Crippen LogP contribution is 2.18. The Balaban J connectivity index is 2.40. The van der Waals surface area contributed by atoms with E-state index in [4.69, 9.17) is 9.84 Å². The lowest BCUT2D eigenvalue weighted by Gasteiger charge is -2.26. The molecule has 0 aromatic carbocycles. The molecular formula is C12H21NO3. The van der Waals surface area contributed by atoms with Crippen LogP contribution in [0.2, 0.25) is 0 Å². The number of amides is 1. The van der Waals surface area contributed by atoms with Crippen molar-refractivity contribution in [1.29, 1.82) is 0 Å². The number of rotatable bonds is 2.